The maximum Gasteiger partial charge on any atom is 0.145 e. The number of aromatic nitrogens is 6. The number of furan rings is 3. The standard InChI is InChI=1S/C49H30N2O.2C40H24N2O/c1-3-14-32(15-4-1)49-50-43-30-34(24-27-44(43)51(49)35-16-5-2-6-17-35)47-39-21-11-9-19-37(39)46(38-20-10-12-22-40(38)47)33-25-28-45-42(29-33)41-26-23-31-13-7-8-18-36(31)48(41)52-45;1-2-10-26-23-38-34(21-25(26)9-1)33-22-27(18-19-37(33)43-38)39-29-12-3-5-14-31(29)40(32-15-6-4-13-30(32)39)36-17-7-16-35(42-36)28-11-8-20-41-24-28;1-2-9-26-22-38-35(20-25(26)8-1)34-21-27(16-18-37(34)43-38)39-30-11-3-5-13-32(30)40(33-14-6-4-12-31(33)39)29-15-17-36(42-24-29)28-10-7-19-41-23-28/h1-30H;2*1-24H. The van der Waals surface area contributed by atoms with Gasteiger partial charge in [0.15, 0.2) is 0 Å². The van der Waals surface area contributed by atoms with Gasteiger partial charge in [0.05, 0.1) is 28.1 Å². The van der Waals surface area contributed by atoms with Crippen LogP contribution in [0.1, 0.15) is 0 Å². The summed E-state index contributed by atoms with van der Waals surface area (Å²) in [5.41, 5.74) is 27.4. The molecule has 642 valence electrons. The van der Waals surface area contributed by atoms with Gasteiger partial charge in [-0.05, 0) is 275 Å². The van der Waals surface area contributed by atoms with Crippen LogP contribution < -0.4 is 0 Å². The molecule has 0 radical (unpaired) electrons. The highest BCUT2D eigenvalue weighted by molar-refractivity contribution is 6.27. The fourth-order valence-corrected chi connectivity index (χ4v) is 21.4. The average Bonchev–Trinajstić information content (AvgIpc) is 1.17. The number of hydrogen-bond acceptors (Lipinski definition) is 8. The molecule has 0 aliphatic rings. The van der Waals surface area contributed by atoms with E-state index in [2.05, 4.69) is 427 Å². The zero-order chi connectivity index (χ0) is 90.8. The minimum Gasteiger partial charge on any atom is -0.456 e. The van der Waals surface area contributed by atoms with Crippen molar-refractivity contribution in [1.29, 1.82) is 0 Å². The molecule has 0 aliphatic carbocycles. The number of para-hydroxylation sites is 1. The molecule has 0 spiro atoms. The highest BCUT2D eigenvalue weighted by Crippen LogP contribution is 2.51. The van der Waals surface area contributed by atoms with Crippen LogP contribution >= 0.6 is 0 Å². The molecule has 0 fully saturated rings. The van der Waals surface area contributed by atoms with Crippen LogP contribution in [0.4, 0.5) is 0 Å². The van der Waals surface area contributed by atoms with E-state index in [-0.39, 0.29) is 0 Å². The molecule has 138 heavy (non-hydrogen) atoms. The first-order valence-electron chi connectivity index (χ1n) is 46.7. The number of hydrogen-bond donors (Lipinski definition) is 0. The molecule has 29 rings (SSSR count). The first-order chi connectivity index (χ1) is 68.4. The van der Waals surface area contributed by atoms with Gasteiger partial charge in [0.25, 0.3) is 0 Å². The third kappa shape index (κ3) is 13.3. The summed E-state index contributed by atoms with van der Waals surface area (Å²) in [6, 6.07) is 157. The summed E-state index contributed by atoms with van der Waals surface area (Å²) in [4.78, 5) is 23.9. The molecule has 0 unspecified atom stereocenters. The van der Waals surface area contributed by atoms with Crippen molar-refractivity contribution in [2.24, 2.45) is 0 Å². The Balaban J connectivity index is 0.000000105. The van der Waals surface area contributed by atoms with Crippen LogP contribution in [0.25, 0.3) is 280 Å². The molecular weight excluding hydrogens is 1680 g/mol. The number of imidazole rings is 1. The van der Waals surface area contributed by atoms with E-state index < -0.39 is 0 Å². The molecule has 8 heterocycles. The minimum atomic E-state index is 0.899. The van der Waals surface area contributed by atoms with E-state index in [9.17, 15) is 0 Å². The molecule has 0 amide bonds. The van der Waals surface area contributed by atoms with Crippen LogP contribution in [-0.2, 0) is 0 Å². The van der Waals surface area contributed by atoms with Gasteiger partial charge in [0.2, 0.25) is 0 Å². The van der Waals surface area contributed by atoms with E-state index in [0.29, 0.717) is 0 Å². The van der Waals surface area contributed by atoms with Gasteiger partial charge in [-0.25, -0.2) is 9.97 Å². The third-order valence-electron chi connectivity index (χ3n) is 27.7. The summed E-state index contributed by atoms with van der Waals surface area (Å²) in [7, 11) is 0. The lowest BCUT2D eigenvalue weighted by molar-refractivity contribution is 0.669. The molecule has 9 heteroatoms. The number of pyridine rings is 4. The van der Waals surface area contributed by atoms with E-state index in [1.165, 1.54) is 136 Å². The largest absolute Gasteiger partial charge is 0.456 e. The normalized spacial score (nSPS) is 11.8. The topological polar surface area (TPSA) is 109 Å². The van der Waals surface area contributed by atoms with Crippen molar-refractivity contribution < 1.29 is 13.3 Å². The number of benzene rings is 21. The Kier molecular flexibility index (Phi) is 18.8. The van der Waals surface area contributed by atoms with Crippen LogP contribution in [0, 0.1) is 0 Å². The Bertz CT molecular complexity index is 9810. The van der Waals surface area contributed by atoms with E-state index in [1.807, 2.05) is 48.9 Å². The summed E-state index contributed by atoms with van der Waals surface area (Å²) < 4.78 is 21.4. The third-order valence-corrected chi connectivity index (χ3v) is 27.7. The van der Waals surface area contributed by atoms with Crippen molar-refractivity contribution >= 4 is 174 Å². The second-order valence-electron chi connectivity index (χ2n) is 35.5. The number of rotatable bonds is 10. The lowest BCUT2D eigenvalue weighted by Gasteiger charge is -2.18. The van der Waals surface area contributed by atoms with Crippen LogP contribution in [0.3, 0.4) is 0 Å². The lowest BCUT2D eigenvalue weighted by atomic mass is 9.85. The summed E-state index contributed by atoms with van der Waals surface area (Å²) >= 11 is 0. The predicted octanol–water partition coefficient (Wildman–Crippen LogP) is 35.1. The maximum atomic E-state index is 6.50. The zero-order valence-electron chi connectivity index (χ0n) is 74.4. The first kappa shape index (κ1) is 79.2. The van der Waals surface area contributed by atoms with Gasteiger partial charge < -0.3 is 13.3 Å². The first-order valence-corrected chi connectivity index (χ1v) is 46.7. The van der Waals surface area contributed by atoms with E-state index in [1.54, 1.807) is 12.4 Å². The Morgan fingerprint density at radius 3 is 1.02 bits per heavy atom. The van der Waals surface area contributed by atoms with E-state index >= 15 is 0 Å². The van der Waals surface area contributed by atoms with Crippen LogP contribution in [-0.4, -0.2) is 29.5 Å². The van der Waals surface area contributed by atoms with Gasteiger partial charge in [0.1, 0.15) is 39.3 Å². The lowest BCUT2D eigenvalue weighted by Crippen LogP contribution is -1.97. The predicted molar refractivity (Wildman–Crippen MR) is 573 cm³/mol. The van der Waals surface area contributed by atoms with Gasteiger partial charge in [-0.3, -0.25) is 19.5 Å². The number of nitrogens with zero attached hydrogens (tertiary/aromatic N) is 6. The fraction of sp³-hybridized carbons (Fsp3) is 0. The van der Waals surface area contributed by atoms with Gasteiger partial charge in [-0.1, -0.05) is 309 Å². The fourth-order valence-electron chi connectivity index (χ4n) is 21.4. The summed E-state index contributed by atoms with van der Waals surface area (Å²) in [6.07, 6.45) is 9.28. The monoisotopic (exact) mass is 1760 g/mol. The van der Waals surface area contributed by atoms with Crippen molar-refractivity contribution in [2.75, 3.05) is 0 Å². The molecule has 9 nitrogen and oxygen atoms in total. The molecule has 21 aromatic carbocycles. The van der Waals surface area contributed by atoms with Gasteiger partial charge >= 0.3 is 0 Å². The Hall–Kier alpha value is -18.6. The zero-order valence-corrected chi connectivity index (χ0v) is 74.4. The Morgan fingerprint density at radius 2 is 0.558 bits per heavy atom. The molecule has 0 saturated heterocycles. The van der Waals surface area contributed by atoms with E-state index in [0.717, 1.165) is 144 Å². The molecular formula is C129H78N6O3. The number of fused-ring (bicyclic) bond motifs is 20. The smallest absolute Gasteiger partial charge is 0.145 e. The van der Waals surface area contributed by atoms with Crippen LogP contribution in [0.2, 0.25) is 0 Å². The van der Waals surface area contributed by atoms with Crippen molar-refractivity contribution in [1.82, 2.24) is 29.5 Å². The molecule has 0 saturated carbocycles. The molecule has 0 atom stereocenters. The SMILES string of the molecule is c1ccc(-c2nc3cc(-c4c5ccccc5c(-c5ccc6oc7c8ccccc8ccc7c6c5)c5ccccc45)ccc3n2-c2ccccc2)cc1.c1cncc(-c2ccc(-c3c4ccccc4c(-c4ccc5oc6cc7ccccc7cc6c5c4)c4ccccc34)cn2)c1.c1cncc(-c2cccc(-c3c4ccccc4c(-c4ccc5oc6cc7ccccc7cc6c5c4)c4ccccc34)n2)c1. The van der Waals surface area contributed by atoms with Crippen LogP contribution in [0.15, 0.2) is 487 Å². The second kappa shape index (κ2) is 32.7. The van der Waals surface area contributed by atoms with E-state index in [4.69, 9.17) is 28.2 Å². The van der Waals surface area contributed by atoms with Gasteiger partial charge in [0, 0.05) is 102 Å². The molecule has 29 aromatic rings. The minimum absolute atomic E-state index is 0.899. The van der Waals surface area contributed by atoms with Gasteiger partial charge in [-0.15, -0.1) is 0 Å². The quantitative estimate of drug-likeness (QED) is 0.125. The molecule has 0 N–H and O–H groups in total. The van der Waals surface area contributed by atoms with Crippen molar-refractivity contribution in [3.8, 4) is 106 Å². The van der Waals surface area contributed by atoms with Gasteiger partial charge in [-0.2, -0.15) is 0 Å². The molecule has 8 aromatic heterocycles. The summed E-state index contributed by atoms with van der Waals surface area (Å²) in [5.74, 6) is 0.930. The maximum absolute atomic E-state index is 6.50. The Morgan fingerprint density at radius 1 is 0.188 bits per heavy atom. The highest BCUT2D eigenvalue weighted by atomic mass is 16.3. The van der Waals surface area contributed by atoms with Crippen molar-refractivity contribution in [2.45, 2.75) is 0 Å². The highest BCUT2D eigenvalue weighted by Gasteiger charge is 2.26. The van der Waals surface area contributed by atoms with Crippen molar-refractivity contribution in [3.05, 3.63) is 474 Å². The summed E-state index contributed by atoms with van der Waals surface area (Å²) in [6.45, 7) is 0. The van der Waals surface area contributed by atoms with Crippen LogP contribution in [0.5, 0.6) is 0 Å². The van der Waals surface area contributed by atoms with Crippen molar-refractivity contribution in [3.63, 3.8) is 0 Å². The average molecular weight is 1760 g/mol. The Labute approximate surface area is 791 Å². The molecule has 0 bridgehead atoms. The summed E-state index contributed by atoms with van der Waals surface area (Å²) in [5, 5.41) is 28.4. The second-order valence-corrected chi connectivity index (χ2v) is 35.5. The molecule has 0 aliphatic heterocycles.